The quantitative estimate of drug-likeness (QED) is 0.553. The highest BCUT2D eigenvalue weighted by atomic mass is 31.1. The Hall–Kier alpha value is -1.79. The van der Waals surface area contributed by atoms with Gasteiger partial charge in [0.05, 0.1) is 0 Å². The Morgan fingerprint density at radius 1 is 0.917 bits per heavy atom. The van der Waals surface area contributed by atoms with Gasteiger partial charge in [-0.3, -0.25) is 9.36 Å². The van der Waals surface area contributed by atoms with E-state index in [4.69, 9.17) is 0 Å². The van der Waals surface area contributed by atoms with Gasteiger partial charge in [-0.1, -0.05) is 18.2 Å². The van der Waals surface area contributed by atoms with Crippen LogP contribution >= 0.6 is 7.80 Å². The Morgan fingerprint density at radius 2 is 1.50 bits per heavy atom. The molecule has 1 atom stereocenters. The number of rotatable bonds is 3. The molecule has 0 fully saturated rings. The highest BCUT2D eigenvalue weighted by Gasteiger charge is 2.27. The van der Waals surface area contributed by atoms with Crippen molar-refractivity contribution in [3.63, 3.8) is 0 Å². The predicted octanol–water partition coefficient (Wildman–Crippen LogP) is 5.40. The second kappa shape index (κ2) is 6.61. The number of hydrogen-bond acceptors (Lipinski definition) is 2. The third-order valence-electron chi connectivity index (χ3n) is 4.56. The van der Waals surface area contributed by atoms with Crippen molar-refractivity contribution >= 4 is 18.9 Å². The van der Waals surface area contributed by atoms with Crippen LogP contribution in [0.5, 0.6) is 0 Å². The molecule has 0 saturated heterocycles. The van der Waals surface area contributed by atoms with Gasteiger partial charge < -0.3 is 0 Å². The summed E-state index contributed by atoms with van der Waals surface area (Å²) in [5.74, 6) is -0.0312. The lowest BCUT2D eigenvalue weighted by Crippen LogP contribution is -2.21. The van der Waals surface area contributed by atoms with Crippen LogP contribution in [0, 0.1) is 27.7 Å². The van der Waals surface area contributed by atoms with Gasteiger partial charge in [-0.05, 0) is 82.9 Å². The van der Waals surface area contributed by atoms with E-state index >= 15 is 0 Å². The number of hydrogen-bond donors (Lipinski definition) is 0. The van der Waals surface area contributed by atoms with Gasteiger partial charge >= 0.3 is 0 Å². The van der Waals surface area contributed by atoms with Gasteiger partial charge in [-0.25, -0.2) is 0 Å². The normalized spacial score (nSPS) is 12.2. The largest absolute Gasteiger partial charge is 0.289 e. The standard InChI is InChI=1S/C21H26O2P/c1-13-12-14(2)19(16(4)15(13)3)20(22)17-10-8-9-11-18(17)24(23)21(5,6)7/h8-12H,1-7H3. The molecule has 0 aromatic heterocycles. The first kappa shape index (κ1) is 18.5. The lowest BCUT2D eigenvalue weighted by atomic mass is 9.89. The molecule has 1 unspecified atom stereocenters. The molecule has 0 aliphatic rings. The Balaban J connectivity index is 2.66. The van der Waals surface area contributed by atoms with Gasteiger partial charge in [0.2, 0.25) is 0 Å². The Morgan fingerprint density at radius 3 is 2.08 bits per heavy atom. The van der Waals surface area contributed by atoms with Gasteiger partial charge in [-0.2, -0.15) is 0 Å². The van der Waals surface area contributed by atoms with Gasteiger partial charge in [0.15, 0.2) is 5.78 Å². The Bertz CT molecular complexity index is 826. The second-order valence-electron chi connectivity index (χ2n) is 7.45. The highest BCUT2D eigenvalue weighted by Crippen LogP contribution is 2.38. The topological polar surface area (TPSA) is 34.1 Å². The molecule has 127 valence electrons. The summed E-state index contributed by atoms with van der Waals surface area (Å²) in [5.41, 5.74) is 5.61. The summed E-state index contributed by atoms with van der Waals surface area (Å²) in [7, 11) is -1.66. The van der Waals surface area contributed by atoms with Crippen molar-refractivity contribution in [1.29, 1.82) is 0 Å². The van der Waals surface area contributed by atoms with Crippen molar-refractivity contribution in [2.75, 3.05) is 0 Å². The average Bonchev–Trinajstić information content (AvgIpc) is 2.51. The lowest BCUT2D eigenvalue weighted by molar-refractivity contribution is 0.103. The zero-order chi connectivity index (χ0) is 18.2. The van der Waals surface area contributed by atoms with Crippen LogP contribution in [-0.4, -0.2) is 10.9 Å². The molecule has 2 aromatic carbocycles. The molecule has 2 nitrogen and oxygen atoms in total. The SMILES string of the molecule is Cc1cc(C)c(C(=O)c2ccccc2[P](=O)C(C)(C)C)c(C)c1C. The van der Waals surface area contributed by atoms with Crippen molar-refractivity contribution < 1.29 is 9.36 Å². The monoisotopic (exact) mass is 341 g/mol. The predicted molar refractivity (Wildman–Crippen MR) is 102 cm³/mol. The summed E-state index contributed by atoms with van der Waals surface area (Å²) in [6.45, 7) is 13.9. The van der Waals surface area contributed by atoms with Gasteiger partial charge in [0, 0.05) is 21.6 Å². The Kier molecular flexibility index (Phi) is 5.11. The molecule has 0 saturated carbocycles. The van der Waals surface area contributed by atoms with Crippen LogP contribution in [0.25, 0.3) is 0 Å². The van der Waals surface area contributed by atoms with Gasteiger partial charge in [0.1, 0.15) is 7.80 Å². The fourth-order valence-electron chi connectivity index (χ4n) is 2.97. The van der Waals surface area contributed by atoms with E-state index in [1.54, 1.807) is 6.07 Å². The molecule has 2 aromatic rings. The fourth-order valence-corrected chi connectivity index (χ4v) is 4.31. The van der Waals surface area contributed by atoms with Crippen LogP contribution < -0.4 is 5.30 Å². The molecule has 0 spiro atoms. The minimum atomic E-state index is -1.66. The minimum Gasteiger partial charge on any atom is -0.289 e. The third-order valence-corrected chi connectivity index (χ3v) is 6.61. The van der Waals surface area contributed by atoms with Crippen LogP contribution in [-0.2, 0) is 4.57 Å². The summed E-state index contributed by atoms with van der Waals surface area (Å²) < 4.78 is 12.9. The first-order valence-electron chi connectivity index (χ1n) is 8.24. The number of benzene rings is 2. The molecule has 3 heteroatoms. The Labute approximate surface area is 146 Å². The minimum absolute atomic E-state index is 0.0312. The van der Waals surface area contributed by atoms with E-state index in [9.17, 15) is 9.36 Å². The van der Waals surface area contributed by atoms with Crippen molar-refractivity contribution in [2.24, 2.45) is 0 Å². The summed E-state index contributed by atoms with van der Waals surface area (Å²) in [4.78, 5) is 13.3. The second-order valence-corrected chi connectivity index (χ2v) is 9.86. The molecule has 24 heavy (non-hydrogen) atoms. The zero-order valence-electron chi connectivity index (χ0n) is 15.7. The van der Waals surface area contributed by atoms with Crippen LogP contribution in [0.4, 0.5) is 0 Å². The van der Waals surface area contributed by atoms with E-state index < -0.39 is 7.80 Å². The van der Waals surface area contributed by atoms with Crippen LogP contribution in [0.2, 0.25) is 0 Å². The first-order valence-corrected chi connectivity index (χ1v) is 9.50. The molecule has 0 heterocycles. The van der Waals surface area contributed by atoms with E-state index in [0.717, 1.165) is 22.3 Å². The molecule has 0 N–H and O–H groups in total. The molecular formula is C21H26O2P. The van der Waals surface area contributed by atoms with E-state index in [2.05, 4.69) is 13.0 Å². The zero-order valence-corrected chi connectivity index (χ0v) is 16.5. The molecule has 0 bridgehead atoms. The van der Waals surface area contributed by atoms with Crippen molar-refractivity contribution in [3.05, 3.63) is 63.7 Å². The van der Waals surface area contributed by atoms with E-state index in [0.29, 0.717) is 10.9 Å². The third kappa shape index (κ3) is 3.35. The first-order chi connectivity index (χ1) is 11.1. The summed E-state index contributed by atoms with van der Waals surface area (Å²) in [5, 5.41) is 0.279. The van der Waals surface area contributed by atoms with Crippen LogP contribution in [0.3, 0.4) is 0 Å². The number of ketones is 1. The van der Waals surface area contributed by atoms with E-state index in [-0.39, 0.29) is 10.9 Å². The number of carbonyl (C=O) groups is 1. The van der Waals surface area contributed by atoms with Crippen LogP contribution in [0.1, 0.15) is 58.9 Å². The van der Waals surface area contributed by atoms with E-state index in [1.165, 1.54) is 5.56 Å². The summed E-state index contributed by atoms with van der Waals surface area (Å²) in [6.07, 6.45) is 0. The molecule has 0 aliphatic carbocycles. The maximum Gasteiger partial charge on any atom is 0.194 e. The van der Waals surface area contributed by atoms with Crippen LogP contribution in [0.15, 0.2) is 30.3 Å². The smallest absolute Gasteiger partial charge is 0.194 e. The number of carbonyl (C=O) groups excluding carboxylic acids is 1. The summed E-state index contributed by atoms with van der Waals surface area (Å²) >= 11 is 0. The van der Waals surface area contributed by atoms with Crippen molar-refractivity contribution in [3.8, 4) is 0 Å². The fraction of sp³-hybridized carbons (Fsp3) is 0.381. The molecule has 0 amide bonds. The maximum absolute atomic E-state index is 13.3. The lowest BCUT2D eigenvalue weighted by Gasteiger charge is -2.20. The summed E-state index contributed by atoms with van der Waals surface area (Å²) in [6, 6.07) is 9.37. The van der Waals surface area contributed by atoms with E-state index in [1.807, 2.05) is 59.7 Å². The number of aryl methyl sites for hydroxylation is 2. The molecular weight excluding hydrogens is 315 g/mol. The van der Waals surface area contributed by atoms with Crippen molar-refractivity contribution in [1.82, 2.24) is 0 Å². The molecule has 2 rings (SSSR count). The molecule has 0 aliphatic heterocycles. The highest BCUT2D eigenvalue weighted by molar-refractivity contribution is 7.55. The molecule has 1 radical (unpaired) electrons. The van der Waals surface area contributed by atoms with Gasteiger partial charge in [0.25, 0.3) is 0 Å². The maximum atomic E-state index is 13.3. The van der Waals surface area contributed by atoms with Crippen molar-refractivity contribution in [2.45, 2.75) is 53.6 Å². The average molecular weight is 341 g/mol. The van der Waals surface area contributed by atoms with Gasteiger partial charge in [-0.15, -0.1) is 0 Å².